The van der Waals surface area contributed by atoms with E-state index in [1.165, 1.54) is 5.56 Å². The number of nitrogens with zero attached hydrogens (tertiary/aromatic N) is 1. The van der Waals surface area contributed by atoms with Crippen molar-refractivity contribution in [3.8, 4) is 5.75 Å². The lowest BCUT2D eigenvalue weighted by Crippen LogP contribution is -2.31. The Hall–Kier alpha value is -2.49. The molecule has 25 heavy (non-hydrogen) atoms. The SMILES string of the molecule is Cc1cccc(OCCCC(=O)N2CCC(Nc3ccccc3)C2)c1. The molecule has 4 heteroatoms. The summed E-state index contributed by atoms with van der Waals surface area (Å²) in [6.07, 6.45) is 2.30. The fourth-order valence-corrected chi connectivity index (χ4v) is 3.15. The van der Waals surface area contributed by atoms with Gasteiger partial charge in [0.15, 0.2) is 0 Å². The maximum absolute atomic E-state index is 12.4. The molecule has 2 aromatic rings. The smallest absolute Gasteiger partial charge is 0.222 e. The zero-order valence-electron chi connectivity index (χ0n) is 14.8. The van der Waals surface area contributed by atoms with Gasteiger partial charge in [0.05, 0.1) is 6.61 Å². The van der Waals surface area contributed by atoms with Gasteiger partial charge in [-0.2, -0.15) is 0 Å². The van der Waals surface area contributed by atoms with Crippen molar-refractivity contribution in [2.75, 3.05) is 25.0 Å². The summed E-state index contributed by atoms with van der Waals surface area (Å²) in [6, 6.07) is 18.5. The molecule has 0 radical (unpaired) electrons. The molecule has 0 aromatic heterocycles. The molecule has 1 N–H and O–H groups in total. The maximum Gasteiger partial charge on any atom is 0.222 e. The molecule has 132 valence electrons. The normalized spacial score (nSPS) is 16.7. The van der Waals surface area contributed by atoms with Gasteiger partial charge in [-0.05, 0) is 49.6 Å². The molecule has 1 amide bonds. The number of nitrogens with one attached hydrogen (secondary N) is 1. The molecule has 1 unspecified atom stereocenters. The first-order valence-corrected chi connectivity index (χ1v) is 8.99. The van der Waals surface area contributed by atoms with Crippen LogP contribution < -0.4 is 10.1 Å². The van der Waals surface area contributed by atoms with Gasteiger partial charge in [-0.1, -0.05) is 30.3 Å². The number of ether oxygens (including phenoxy) is 1. The summed E-state index contributed by atoms with van der Waals surface area (Å²) in [6.45, 7) is 4.24. The van der Waals surface area contributed by atoms with E-state index >= 15 is 0 Å². The Morgan fingerprint density at radius 3 is 2.84 bits per heavy atom. The lowest BCUT2D eigenvalue weighted by Gasteiger charge is -2.18. The molecule has 1 aliphatic rings. The molecule has 0 saturated carbocycles. The first-order chi connectivity index (χ1) is 12.2. The summed E-state index contributed by atoms with van der Waals surface area (Å²) in [4.78, 5) is 14.3. The lowest BCUT2D eigenvalue weighted by atomic mass is 10.2. The highest BCUT2D eigenvalue weighted by Gasteiger charge is 2.25. The van der Waals surface area contributed by atoms with Crippen molar-refractivity contribution < 1.29 is 9.53 Å². The zero-order valence-corrected chi connectivity index (χ0v) is 14.8. The van der Waals surface area contributed by atoms with Crippen LogP contribution in [-0.2, 0) is 4.79 Å². The number of aryl methyl sites for hydroxylation is 1. The highest BCUT2D eigenvalue weighted by molar-refractivity contribution is 5.76. The monoisotopic (exact) mass is 338 g/mol. The molecule has 1 aliphatic heterocycles. The number of hydrogen-bond acceptors (Lipinski definition) is 3. The van der Waals surface area contributed by atoms with E-state index in [0.717, 1.165) is 37.4 Å². The van der Waals surface area contributed by atoms with Crippen LogP contribution in [0, 0.1) is 6.92 Å². The van der Waals surface area contributed by atoms with Crippen LogP contribution in [0.15, 0.2) is 54.6 Å². The molecule has 1 fully saturated rings. The summed E-state index contributed by atoms with van der Waals surface area (Å²) >= 11 is 0. The Morgan fingerprint density at radius 2 is 2.04 bits per heavy atom. The van der Waals surface area contributed by atoms with Crippen molar-refractivity contribution in [2.24, 2.45) is 0 Å². The summed E-state index contributed by atoms with van der Waals surface area (Å²) in [5, 5.41) is 3.50. The van der Waals surface area contributed by atoms with Crippen molar-refractivity contribution in [1.29, 1.82) is 0 Å². The van der Waals surface area contributed by atoms with Gasteiger partial charge in [0.1, 0.15) is 5.75 Å². The number of carbonyl (C=O) groups excluding carboxylic acids is 1. The number of anilines is 1. The number of benzene rings is 2. The maximum atomic E-state index is 12.4. The summed E-state index contributed by atoms with van der Waals surface area (Å²) in [5.41, 5.74) is 2.30. The molecule has 2 aromatic carbocycles. The van der Waals surface area contributed by atoms with Crippen LogP contribution >= 0.6 is 0 Å². The summed E-state index contributed by atoms with van der Waals surface area (Å²) < 4.78 is 5.72. The van der Waals surface area contributed by atoms with Crippen LogP contribution in [0.2, 0.25) is 0 Å². The van der Waals surface area contributed by atoms with Crippen LogP contribution in [0.25, 0.3) is 0 Å². The van der Waals surface area contributed by atoms with E-state index in [1.54, 1.807) is 0 Å². The van der Waals surface area contributed by atoms with Crippen LogP contribution in [0.1, 0.15) is 24.8 Å². The minimum atomic E-state index is 0.227. The average molecular weight is 338 g/mol. The van der Waals surface area contributed by atoms with Gasteiger partial charge in [0.25, 0.3) is 0 Å². The molecule has 1 saturated heterocycles. The standard InChI is InChI=1S/C21H26N2O2/c1-17-7-5-10-20(15-17)25-14-6-11-21(24)23-13-12-19(16-23)22-18-8-3-2-4-9-18/h2-5,7-10,15,19,22H,6,11-14,16H2,1H3. The molecule has 3 rings (SSSR count). The summed E-state index contributed by atoms with van der Waals surface area (Å²) in [5.74, 6) is 1.10. The first-order valence-electron chi connectivity index (χ1n) is 8.99. The Morgan fingerprint density at radius 1 is 1.20 bits per heavy atom. The second-order valence-corrected chi connectivity index (χ2v) is 6.60. The minimum Gasteiger partial charge on any atom is -0.494 e. The number of rotatable bonds is 7. The molecule has 0 aliphatic carbocycles. The van der Waals surface area contributed by atoms with Gasteiger partial charge in [-0.25, -0.2) is 0 Å². The first kappa shape index (κ1) is 17.3. The second-order valence-electron chi connectivity index (χ2n) is 6.60. The largest absolute Gasteiger partial charge is 0.494 e. The van der Waals surface area contributed by atoms with Crippen LogP contribution in [0.5, 0.6) is 5.75 Å². The molecule has 4 nitrogen and oxygen atoms in total. The van der Waals surface area contributed by atoms with E-state index in [2.05, 4.69) is 17.4 Å². The quantitative estimate of drug-likeness (QED) is 0.779. The molecular weight excluding hydrogens is 312 g/mol. The van der Waals surface area contributed by atoms with Gasteiger partial charge < -0.3 is 15.0 Å². The predicted molar refractivity (Wildman–Crippen MR) is 101 cm³/mol. The van der Waals surface area contributed by atoms with E-state index in [4.69, 9.17) is 4.74 Å². The van der Waals surface area contributed by atoms with Crippen LogP contribution in [0.3, 0.4) is 0 Å². The van der Waals surface area contributed by atoms with Crippen molar-refractivity contribution >= 4 is 11.6 Å². The Bertz CT molecular complexity index is 687. The Kier molecular flexibility index (Phi) is 5.94. The van der Waals surface area contributed by atoms with E-state index in [-0.39, 0.29) is 5.91 Å². The van der Waals surface area contributed by atoms with E-state index in [9.17, 15) is 4.79 Å². The van der Waals surface area contributed by atoms with Crippen molar-refractivity contribution in [3.63, 3.8) is 0 Å². The molecule has 0 bridgehead atoms. The minimum absolute atomic E-state index is 0.227. The Labute approximate surface area is 149 Å². The fraction of sp³-hybridized carbons (Fsp3) is 0.381. The lowest BCUT2D eigenvalue weighted by molar-refractivity contribution is -0.130. The van der Waals surface area contributed by atoms with Gasteiger partial charge in [-0.3, -0.25) is 4.79 Å². The van der Waals surface area contributed by atoms with Gasteiger partial charge >= 0.3 is 0 Å². The highest BCUT2D eigenvalue weighted by Crippen LogP contribution is 2.17. The van der Waals surface area contributed by atoms with E-state index < -0.39 is 0 Å². The van der Waals surface area contributed by atoms with E-state index in [1.807, 2.05) is 54.3 Å². The number of likely N-dealkylation sites (tertiary alicyclic amines) is 1. The summed E-state index contributed by atoms with van der Waals surface area (Å²) in [7, 11) is 0. The average Bonchev–Trinajstić information content (AvgIpc) is 3.08. The predicted octanol–water partition coefficient (Wildman–Crippen LogP) is 3.87. The second kappa shape index (κ2) is 8.56. The van der Waals surface area contributed by atoms with Gasteiger partial charge in [0, 0.05) is 31.2 Å². The number of carbonyl (C=O) groups is 1. The van der Waals surface area contributed by atoms with Crippen molar-refractivity contribution in [1.82, 2.24) is 4.90 Å². The number of amides is 1. The van der Waals surface area contributed by atoms with Gasteiger partial charge in [-0.15, -0.1) is 0 Å². The fourth-order valence-electron chi connectivity index (χ4n) is 3.15. The number of para-hydroxylation sites is 1. The molecule has 1 heterocycles. The molecule has 1 atom stereocenters. The van der Waals surface area contributed by atoms with Crippen molar-refractivity contribution in [2.45, 2.75) is 32.2 Å². The van der Waals surface area contributed by atoms with Crippen LogP contribution in [-0.4, -0.2) is 36.5 Å². The van der Waals surface area contributed by atoms with Gasteiger partial charge in [0.2, 0.25) is 5.91 Å². The van der Waals surface area contributed by atoms with Crippen molar-refractivity contribution in [3.05, 3.63) is 60.2 Å². The third-order valence-electron chi connectivity index (χ3n) is 4.48. The highest BCUT2D eigenvalue weighted by atomic mass is 16.5. The molecular formula is C21H26N2O2. The number of hydrogen-bond donors (Lipinski definition) is 1. The third-order valence-corrected chi connectivity index (χ3v) is 4.48. The van der Waals surface area contributed by atoms with E-state index in [0.29, 0.717) is 19.1 Å². The zero-order chi connectivity index (χ0) is 17.5. The Balaban J connectivity index is 1.36. The van der Waals surface area contributed by atoms with Crippen LogP contribution in [0.4, 0.5) is 5.69 Å². The third kappa shape index (κ3) is 5.24. The molecule has 0 spiro atoms. The topological polar surface area (TPSA) is 41.6 Å².